The second kappa shape index (κ2) is 9.10. The first-order chi connectivity index (χ1) is 15.5. The molecule has 32 heavy (non-hydrogen) atoms. The van der Waals surface area contributed by atoms with E-state index in [4.69, 9.17) is 4.74 Å². The van der Waals surface area contributed by atoms with Gasteiger partial charge in [0.25, 0.3) is 11.8 Å². The van der Waals surface area contributed by atoms with E-state index in [1.807, 2.05) is 98.5 Å². The van der Waals surface area contributed by atoms with Gasteiger partial charge in [-0.2, -0.15) is 0 Å². The van der Waals surface area contributed by atoms with E-state index in [2.05, 4.69) is 0 Å². The Morgan fingerprint density at radius 3 is 1.97 bits per heavy atom. The highest BCUT2D eigenvalue weighted by Crippen LogP contribution is 2.37. The van der Waals surface area contributed by atoms with Gasteiger partial charge in [-0.25, -0.2) is 4.90 Å². The number of likely N-dealkylation sites (N-methyl/N-ethyl adjacent to an activating group) is 1. The molecule has 0 saturated heterocycles. The maximum atomic E-state index is 13.7. The van der Waals surface area contributed by atoms with Crippen LogP contribution in [0.15, 0.2) is 90.6 Å². The van der Waals surface area contributed by atoms with Crippen molar-refractivity contribution in [1.29, 1.82) is 0 Å². The van der Waals surface area contributed by atoms with Crippen molar-refractivity contribution in [3.8, 4) is 5.75 Å². The molecule has 0 radical (unpaired) electrons. The molecule has 162 valence electrons. The molecule has 3 aromatic carbocycles. The van der Waals surface area contributed by atoms with Crippen molar-refractivity contribution in [3.63, 3.8) is 0 Å². The van der Waals surface area contributed by atoms with Crippen molar-refractivity contribution in [1.82, 2.24) is 0 Å². The van der Waals surface area contributed by atoms with Crippen LogP contribution in [-0.2, 0) is 9.59 Å². The van der Waals surface area contributed by atoms with Crippen molar-refractivity contribution in [2.24, 2.45) is 0 Å². The van der Waals surface area contributed by atoms with Crippen LogP contribution in [0.4, 0.5) is 11.4 Å². The molecule has 0 aliphatic carbocycles. The van der Waals surface area contributed by atoms with Gasteiger partial charge in [0.05, 0.1) is 17.4 Å². The lowest BCUT2D eigenvalue weighted by Crippen LogP contribution is -2.35. The summed E-state index contributed by atoms with van der Waals surface area (Å²) < 4.78 is 5.75. The van der Waals surface area contributed by atoms with Crippen molar-refractivity contribution >= 4 is 28.8 Å². The fraction of sp³-hybridized carbons (Fsp3) is 0.185. The minimum absolute atomic E-state index is 0.0487. The molecule has 1 heterocycles. The van der Waals surface area contributed by atoms with Gasteiger partial charge >= 0.3 is 0 Å². The predicted octanol–water partition coefficient (Wildman–Crippen LogP) is 5.28. The summed E-state index contributed by atoms with van der Waals surface area (Å²) >= 11 is 0. The van der Waals surface area contributed by atoms with Crippen molar-refractivity contribution < 1.29 is 14.3 Å². The van der Waals surface area contributed by atoms with Crippen LogP contribution in [0, 0.1) is 0 Å². The van der Waals surface area contributed by atoms with E-state index >= 15 is 0 Å². The molecule has 0 fully saturated rings. The standard InChI is InChI=1S/C27H26N2O3/c1-4-28(21-11-7-5-8-12-21)25-24(20-15-17-23(18-16-20)32-19(2)3)26(30)29(27(25)31)22-13-9-6-10-14-22/h5-19H,4H2,1-3H3. The average Bonchev–Trinajstić information content (AvgIpc) is 3.06. The summed E-state index contributed by atoms with van der Waals surface area (Å²) in [5, 5.41) is 0. The molecule has 5 heteroatoms. The van der Waals surface area contributed by atoms with E-state index in [-0.39, 0.29) is 17.9 Å². The third kappa shape index (κ3) is 4.02. The summed E-state index contributed by atoms with van der Waals surface area (Å²) in [7, 11) is 0. The van der Waals surface area contributed by atoms with Crippen LogP contribution in [0.1, 0.15) is 26.3 Å². The quantitative estimate of drug-likeness (QED) is 0.482. The summed E-state index contributed by atoms with van der Waals surface area (Å²) in [6.07, 6.45) is 0.0487. The number of hydrogen-bond donors (Lipinski definition) is 0. The zero-order valence-corrected chi connectivity index (χ0v) is 18.5. The molecule has 0 bridgehead atoms. The minimum atomic E-state index is -0.330. The largest absolute Gasteiger partial charge is 0.491 e. The Bertz CT molecular complexity index is 1140. The first-order valence-corrected chi connectivity index (χ1v) is 10.8. The van der Waals surface area contributed by atoms with Crippen molar-refractivity contribution in [2.75, 3.05) is 16.3 Å². The molecule has 0 atom stereocenters. The van der Waals surface area contributed by atoms with E-state index in [0.717, 1.165) is 11.4 Å². The van der Waals surface area contributed by atoms with Gasteiger partial charge in [-0.05, 0) is 62.7 Å². The molecule has 0 saturated carbocycles. The maximum absolute atomic E-state index is 13.7. The second-order valence-corrected chi connectivity index (χ2v) is 7.78. The molecule has 1 aliphatic heterocycles. The first-order valence-electron chi connectivity index (χ1n) is 10.8. The number of para-hydroxylation sites is 2. The molecular formula is C27H26N2O3. The van der Waals surface area contributed by atoms with Crippen molar-refractivity contribution in [2.45, 2.75) is 26.9 Å². The van der Waals surface area contributed by atoms with Crippen LogP contribution in [0.3, 0.4) is 0 Å². The number of benzene rings is 3. The minimum Gasteiger partial charge on any atom is -0.491 e. The fourth-order valence-electron chi connectivity index (χ4n) is 3.89. The second-order valence-electron chi connectivity index (χ2n) is 7.78. The first kappa shape index (κ1) is 21.4. The predicted molar refractivity (Wildman–Crippen MR) is 128 cm³/mol. The number of rotatable bonds is 7. The van der Waals surface area contributed by atoms with Gasteiger partial charge in [0.2, 0.25) is 0 Å². The Hall–Kier alpha value is -3.86. The van der Waals surface area contributed by atoms with E-state index in [0.29, 0.717) is 29.1 Å². The van der Waals surface area contributed by atoms with Gasteiger partial charge in [0.15, 0.2) is 0 Å². The summed E-state index contributed by atoms with van der Waals surface area (Å²) in [4.78, 5) is 30.5. The van der Waals surface area contributed by atoms with Gasteiger partial charge < -0.3 is 9.64 Å². The molecular weight excluding hydrogens is 400 g/mol. The van der Waals surface area contributed by atoms with Crippen LogP contribution < -0.4 is 14.5 Å². The van der Waals surface area contributed by atoms with Crippen LogP contribution in [0.2, 0.25) is 0 Å². The number of hydrogen-bond acceptors (Lipinski definition) is 4. The van der Waals surface area contributed by atoms with E-state index in [9.17, 15) is 9.59 Å². The van der Waals surface area contributed by atoms with Gasteiger partial charge in [-0.3, -0.25) is 9.59 Å². The van der Waals surface area contributed by atoms with Crippen LogP contribution in [0.5, 0.6) is 5.75 Å². The molecule has 5 nitrogen and oxygen atoms in total. The summed E-state index contributed by atoms with van der Waals surface area (Å²) in [6.45, 7) is 6.44. The monoisotopic (exact) mass is 426 g/mol. The molecule has 0 spiro atoms. The van der Waals surface area contributed by atoms with Gasteiger partial charge in [0, 0.05) is 12.2 Å². The molecule has 2 amide bonds. The van der Waals surface area contributed by atoms with Crippen LogP contribution in [-0.4, -0.2) is 24.5 Å². The summed E-state index contributed by atoms with van der Waals surface area (Å²) in [6, 6.07) is 26.1. The molecule has 3 aromatic rings. The topological polar surface area (TPSA) is 49.9 Å². The Labute approximate surface area is 188 Å². The zero-order chi connectivity index (χ0) is 22.7. The number of amides is 2. The molecule has 0 N–H and O–H groups in total. The van der Waals surface area contributed by atoms with Crippen molar-refractivity contribution in [3.05, 3.63) is 96.2 Å². The van der Waals surface area contributed by atoms with Crippen LogP contribution >= 0.6 is 0 Å². The van der Waals surface area contributed by atoms with Gasteiger partial charge in [0.1, 0.15) is 11.4 Å². The molecule has 1 aliphatic rings. The Morgan fingerprint density at radius 2 is 1.41 bits per heavy atom. The molecule has 4 rings (SSSR count). The Balaban J connectivity index is 1.85. The van der Waals surface area contributed by atoms with E-state index in [1.165, 1.54) is 4.90 Å². The highest BCUT2D eigenvalue weighted by Gasteiger charge is 2.42. The van der Waals surface area contributed by atoms with Gasteiger partial charge in [-0.15, -0.1) is 0 Å². The number of carbonyl (C=O) groups excluding carboxylic acids is 2. The number of ether oxygens (including phenoxy) is 1. The third-order valence-electron chi connectivity index (χ3n) is 5.24. The van der Waals surface area contributed by atoms with E-state index in [1.54, 1.807) is 12.1 Å². The number of imide groups is 1. The fourth-order valence-corrected chi connectivity index (χ4v) is 3.89. The SMILES string of the molecule is CCN(C1=C(c2ccc(OC(C)C)cc2)C(=O)N(c2ccccc2)C1=O)c1ccccc1. The van der Waals surface area contributed by atoms with E-state index < -0.39 is 0 Å². The Morgan fingerprint density at radius 1 is 0.812 bits per heavy atom. The van der Waals surface area contributed by atoms with Crippen LogP contribution in [0.25, 0.3) is 5.57 Å². The lowest BCUT2D eigenvalue weighted by atomic mass is 10.0. The Kier molecular flexibility index (Phi) is 6.08. The lowest BCUT2D eigenvalue weighted by molar-refractivity contribution is -0.120. The highest BCUT2D eigenvalue weighted by atomic mass is 16.5. The van der Waals surface area contributed by atoms with Gasteiger partial charge in [-0.1, -0.05) is 48.5 Å². The number of anilines is 2. The lowest BCUT2D eigenvalue weighted by Gasteiger charge is -2.25. The zero-order valence-electron chi connectivity index (χ0n) is 18.5. The summed E-state index contributed by atoms with van der Waals surface area (Å²) in [5.41, 5.74) is 2.87. The maximum Gasteiger partial charge on any atom is 0.282 e. The average molecular weight is 427 g/mol. The number of carbonyl (C=O) groups is 2. The normalized spacial score (nSPS) is 13.8. The molecule has 0 aromatic heterocycles. The highest BCUT2D eigenvalue weighted by molar-refractivity contribution is 6.46. The number of nitrogens with zero attached hydrogens (tertiary/aromatic N) is 2. The summed E-state index contributed by atoms with van der Waals surface area (Å²) in [5.74, 6) is 0.0607. The molecule has 0 unspecified atom stereocenters. The smallest absolute Gasteiger partial charge is 0.282 e. The third-order valence-corrected chi connectivity index (χ3v) is 5.24.